The molecule has 0 saturated heterocycles. The van der Waals surface area contributed by atoms with Crippen LogP contribution in [0.25, 0.3) is 0 Å². The van der Waals surface area contributed by atoms with Crippen molar-refractivity contribution in [2.45, 2.75) is 96.4 Å². The van der Waals surface area contributed by atoms with Gasteiger partial charge in [-0.15, -0.1) is 0 Å². The van der Waals surface area contributed by atoms with Gasteiger partial charge in [0.2, 0.25) is 5.69 Å². The minimum absolute atomic E-state index is 0.0855. The summed E-state index contributed by atoms with van der Waals surface area (Å²) < 4.78 is 2.66. The molecule has 1 aliphatic carbocycles. The van der Waals surface area contributed by atoms with Gasteiger partial charge in [0.05, 0.1) is 5.41 Å². The lowest BCUT2D eigenvalue weighted by molar-refractivity contribution is -0.513. The van der Waals surface area contributed by atoms with Gasteiger partial charge in [-0.25, -0.2) is 0 Å². The van der Waals surface area contributed by atoms with Crippen LogP contribution >= 0.6 is 0 Å². The summed E-state index contributed by atoms with van der Waals surface area (Å²) in [5.74, 6) is 1.02. The van der Waals surface area contributed by atoms with Gasteiger partial charge in [-0.2, -0.15) is 4.58 Å². The van der Waals surface area contributed by atoms with Crippen molar-refractivity contribution in [1.29, 1.82) is 0 Å². The topological polar surface area (TPSA) is 3.01 Å². The number of rotatable bonds is 3. The normalized spacial score (nSPS) is 24.4. The number of nitrogens with zero attached hydrogens (tertiary/aromatic N) is 1. The molecule has 4 rings (SSSR count). The van der Waals surface area contributed by atoms with E-state index in [4.69, 9.17) is 0 Å². The number of benzene rings is 2. The number of hydrogen-bond acceptors (Lipinski definition) is 0. The summed E-state index contributed by atoms with van der Waals surface area (Å²) >= 11 is 0. The average Bonchev–Trinajstić information content (AvgIpc) is 3.03. The molecule has 0 saturated carbocycles. The Labute approximate surface area is 177 Å². The molecular weight excluding hydrogens is 350 g/mol. The van der Waals surface area contributed by atoms with Crippen LogP contribution in [0.1, 0.15) is 102 Å². The molecule has 1 aliphatic heterocycles. The van der Waals surface area contributed by atoms with E-state index in [9.17, 15) is 0 Å². The van der Waals surface area contributed by atoms with E-state index in [1.165, 1.54) is 35.2 Å². The molecule has 0 N–H and O–H groups in total. The van der Waals surface area contributed by atoms with E-state index in [1.807, 2.05) is 0 Å². The second-order valence-electron chi connectivity index (χ2n) is 11.3. The molecule has 2 aliphatic rings. The molecular formula is C28H38N+. The third-order valence-corrected chi connectivity index (χ3v) is 7.31. The molecule has 0 aromatic heterocycles. The molecule has 1 spiro atoms. The Morgan fingerprint density at radius 3 is 1.83 bits per heavy atom. The van der Waals surface area contributed by atoms with Crippen molar-refractivity contribution in [2.75, 3.05) is 0 Å². The van der Waals surface area contributed by atoms with Gasteiger partial charge in [-0.3, -0.25) is 0 Å². The molecule has 1 heterocycles. The second-order valence-corrected chi connectivity index (χ2v) is 11.3. The second kappa shape index (κ2) is 6.56. The van der Waals surface area contributed by atoms with Crippen molar-refractivity contribution < 1.29 is 4.58 Å². The minimum atomic E-state index is 0.0855. The van der Waals surface area contributed by atoms with Crippen LogP contribution in [0, 0.1) is 0 Å². The van der Waals surface area contributed by atoms with E-state index in [-0.39, 0.29) is 16.4 Å². The van der Waals surface area contributed by atoms with E-state index in [0.717, 1.165) is 0 Å². The molecule has 1 heteroatoms. The van der Waals surface area contributed by atoms with Gasteiger partial charge >= 0.3 is 0 Å². The molecule has 2 aromatic carbocycles. The summed E-state index contributed by atoms with van der Waals surface area (Å²) in [5.41, 5.74) is 7.93. The highest BCUT2D eigenvalue weighted by Gasteiger charge is 2.58. The first-order valence-corrected chi connectivity index (χ1v) is 11.4. The maximum atomic E-state index is 2.66. The summed E-state index contributed by atoms with van der Waals surface area (Å²) in [7, 11) is 0. The zero-order chi connectivity index (χ0) is 21.2. The standard InChI is InChI=1S/C28H38N/c1-19(2)21-12-11-13-22(20(3)4)25(21)29-18-28(17-27(29,7)8)16-26(5,6)23-14-9-10-15-24(23)28/h9-15,18-20H,16-17H2,1-8H3/q+1. The highest BCUT2D eigenvalue weighted by atomic mass is 15.1. The molecule has 29 heavy (non-hydrogen) atoms. The Bertz CT molecular complexity index is 947. The van der Waals surface area contributed by atoms with Gasteiger partial charge in [0.25, 0.3) is 0 Å². The number of para-hydroxylation sites is 1. The molecule has 0 amide bonds. The van der Waals surface area contributed by atoms with Crippen molar-refractivity contribution in [3.63, 3.8) is 0 Å². The first kappa shape index (κ1) is 20.4. The van der Waals surface area contributed by atoms with E-state index in [2.05, 4.69) is 109 Å². The van der Waals surface area contributed by atoms with Crippen LogP contribution in [-0.2, 0) is 10.8 Å². The minimum Gasteiger partial charge on any atom is -0.196 e. The Morgan fingerprint density at radius 1 is 0.724 bits per heavy atom. The van der Waals surface area contributed by atoms with Crippen LogP contribution in [0.4, 0.5) is 5.69 Å². The molecule has 0 fully saturated rings. The van der Waals surface area contributed by atoms with Crippen LogP contribution in [0.2, 0.25) is 0 Å². The smallest absolute Gasteiger partial charge is 0.196 e. The highest BCUT2D eigenvalue weighted by molar-refractivity contribution is 5.77. The fourth-order valence-corrected chi connectivity index (χ4v) is 6.24. The van der Waals surface area contributed by atoms with E-state index in [0.29, 0.717) is 11.8 Å². The van der Waals surface area contributed by atoms with Gasteiger partial charge in [0.1, 0.15) is 0 Å². The monoisotopic (exact) mass is 388 g/mol. The van der Waals surface area contributed by atoms with Crippen LogP contribution in [0.5, 0.6) is 0 Å². The third kappa shape index (κ3) is 3.09. The molecule has 0 radical (unpaired) electrons. The van der Waals surface area contributed by atoms with E-state index in [1.54, 1.807) is 5.56 Å². The summed E-state index contributed by atoms with van der Waals surface area (Å²) in [5, 5.41) is 0. The maximum Gasteiger partial charge on any atom is 0.212 e. The van der Waals surface area contributed by atoms with Crippen LogP contribution in [0.3, 0.4) is 0 Å². The fraction of sp³-hybridized carbons (Fsp3) is 0.536. The van der Waals surface area contributed by atoms with Crippen LogP contribution < -0.4 is 0 Å². The fourth-order valence-electron chi connectivity index (χ4n) is 6.24. The largest absolute Gasteiger partial charge is 0.212 e. The van der Waals surface area contributed by atoms with Crippen molar-refractivity contribution >= 4 is 11.9 Å². The van der Waals surface area contributed by atoms with Crippen LogP contribution in [-0.4, -0.2) is 16.3 Å². The Balaban J connectivity index is 1.98. The Kier molecular flexibility index (Phi) is 4.61. The van der Waals surface area contributed by atoms with E-state index < -0.39 is 0 Å². The van der Waals surface area contributed by atoms with Gasteiger partial charge in [-0.05, 0) is 34.8 Å². The van der Waals surface area contributed by atoms with Gasteiger partial charge in [0, 0.05) is 31.4 Å². The first-order chi connectivity index (χ1) is 13.5. The quantitative estimate of drug-likeness (QED) is 0.480. The Hall–Kier alpha value is -1.89. The van der Waals surface area contributed by atoms with Gasteiger partial charge in [-0.1, -0.05) is 84.0 Å². The average molecular weight is 389 g/mol. The van der Waals surface area contributed by atoms with Gasteiger partial charge < -0.3 is 0 Å². The zero-order valence-electron chi connectivity index (χ0n) is 19.6. The van der Waals surface area contributed by atoms with Crippen LogP contribution in [0.15, 0.2) is 42.5 Å². The lowest BCUT2D eigenvalue weighted by Crippen LogP contribution is -2.32. The number of fused-ring (bicyclic) bond motifs is 2. The van der Waals surface area contributed by atoms with Crippen molar-refractivity contribution in [3.05, 3.63) is 64.7 Å². The summed E-state index contributed by atoms with van der Waals surface area (Å²) in [4.78, 5) is 0. The predicted octanol–water partition coefficient (Wildman–Crippen LogP) is 7.45. The molecule has 154 valence electrons. The molecule has 2 aromatic rings. The lowest BCUT2D eigenvalue weighted by Gasteiger charge is -2.25. The molecule has 1 unspecified atom stereocenters. The molecule has 0 bridgehead atoms. The van der Waals surface area contributed by atoms with Gasteiger partial charge in [0.15, 0.2) is 11.8 Å². The summed E-state index contributed by atoms with van der Waals surface area (Å²) in [6, 6.07) is 16.1. The summed E-state index contributed by atoms with van der Waals surface area (Å²) in [6.45, 7) is 19.0. The number of hydrogen-bond donors (Lipinski definition) is 0. The predicted molar refractivity (Wildman–Crippen MR) is 125 cm³/mol. The first-order valence-electron chi connectivity index (χ1n) is 11.4. The van der Waals surface area contributed by atoms with Crippen molar-refractivity contribution in [3.8, 4) is 0 Å². The SMILES string of the molecule is CC(C)c1cccc(C(C)C)c1[N+]1=CC2(CC(C)(C)c3ccccc32)CC1(C)C. The van der Waals surface area contributed by atoms with Crippen molar-refractivity contribution in [1.82, 2.24) is 0 Å². The molecule has 1 atom stereocenters. The summed E-state index contributed by atoms with van der Waals surface area (Å²) in [6.07, 6.45) is 4.98. The lowest BCUT2D eigenvalue weighted by atomic mass is 9.74. The van der Waals surface area contributed by atoms with E-state index >= 15 is 0 Å². The van der Waals surface area contributed by atoms with Crippen molar-refractivity contribution in [2.24, 2.45) is 0 Å². The Morgan fingerprint density at radius 2 is 1.28 bits per heavy atom. The maximum absolute atomic E-state index is 2.66. The molecule has 1 nitrogen and oxygen atoms in total. The highest BCUT2D eigenvalue weighted by Crippen LogP contribution is 2.56. The zero-order valence-corrected chi connectivity index (χ0v) is 19.6. The third-order valence-electron chi connectivity index (χ3n) is 7.31.